The van der Waals surface area contributed by atoms with Gasteiger partial charge >= 0.3 is 0 Å². The molecule has 32 heavy (non-hydrogen) atoms. The summed E-state index contributed by atoms with van der Waals surface area (Å²) >= 11 is 0. The van der Waals surface area contributed by atoms with Gasteiger partial charge in [0.1, 0.15) is 0 Å². The zero-order valence-corrected chi connectivity index (χ0v) is 21.5. The van der Waals surface area contributed by atoms with Crippen LogP contribution in [0.4, 0.5) is 0 Å². The van der Waals surface area contributed by atoms with Crippen LogP contribution in [-0.2, 0) is 4.79 Å². The van der Waals surface area contributed by atoms with E-state index in [-0.39, 0.29) is 12.0 Å². The predicted octanol–water partition coefficient (Wildman–Crippen LogP) is 6.50. The molecule has 0 spiro atoms. The Kier molecular flexibility index (Phi) is 7.16. The van der Waals surface area contributed by atoms with E-state index < -0.39 is 0 Å². The molecule has 3 saturated carbocycles. The molecule has 2 N–H and O–H groups in total. The van der Waals surface area contributed by atoms with Gasteiger partial charge in [0, 0.05) is 13.0 Å². The van der Waals surface area contributed by atoms with Crippen LogP contribution in [0.3, 0.4) is 0 Å². The van der Waals surface area contributed by atoms with E-state index in [9.17, 15) is 9.90 Å². The maximum Gasteiger partial charge on any atom is 0.220 e. The topological polar surface area (TPSA) is 49.3 Å². The van der Waals surface area contributed by atoms with E-state index in [0.717, 1.165) is 55.9 Å². The lowest BCUT2D eigenvalue weighted by atomic mass is 9.47. The Morgan fingerprint density at radius 2 is 1.88 bits per heavy atom. The van der Waals surface area contributed by atoms with Gasteiger partial charge in [0.05, 0.1) is 6.10 Å². The van der Waals surface area contributed by atoms with Gasteiger partial charge in [0.15, 0.2) is 0 Å². The molecule has 3 heteroatoms. The maximum atomic E-state index is 12.4. The summed E-state index contributed by atoms with van der Waals surface area (Å²) in [4.78, 5) is 12.4. The van der Waals surface area contributed by atoms with Crippen molar-refractivity contribution >= 4 is 5.91 Å². The molecule has 0 bridgehead atoms. The maximum absolute atomic E-state index is 12.4. The van der Waals surface area contributed by atoms with E-state index in [2.05, 4.69) is 46.0 Å². The third-order valence-electron chi connectivity index (χ3n) is 10.7. The minimum atomic E-state index is -0.112. The van der Waals surface area contributed by atoms with Crippen molar-refractivity contribution in [3.63, 3.8) is 0 Å². The van der Waals surface area contributed by atoms with Crippen LogP contribution < -0.4 is 5.32 Å². The normalized spacial score (nSPS) is 42.0. The molecule has 0 heterocycles. The van der Waals surface area contributed by atoms with Gasteiger partial charge in [-0.05, 0) is 111 Å². The van der Waals surface area contributed by atoms with Crippen LogP contribution in [0, 0.1) is 46.3 Å². The molecule has 4 aliphatic carbocycles. The van der Waals surface area contributed by atoms with Gasteiger partial charge in [0.25, 0.3) is 0 Å². The van der Waals surface area contributed by atoms with Crippen LogP contribution in [0.1, 0.15) is 105 Å². The van der Waals surface area contributed by atoms with E-state index in [0.29, 0.717) is 29.1 Å². The first-order valence-electron chi connectivity index (χ1n) is 13.8. The van der Waals surface area contributed by atoms with Crippen molar-refractivity contribution in [1.82, 2.24) is 5.32 Å². The number of nitrogens with one attached hydrogen (secondary N) is 1. The van der Waals surface area contributed by atoms with Crippen molar-refractivity contribution in [3.05, 3.63) is 11.6 Å². The summed E-state index contributed by atoms with van der Waals surface area (Å²) in [5.74, 6) is 4.78. The highest BCUT2D eigenvalue weighted by Gasteiger charge is 2.59. The van der Waals surface area contributed by atoms with Gasteiger partial charge < -0.3 is 10.4 Å². The number of carbonyl (C=O) groups is 1. The van der Waals surface area contributed by atoms with E-state index in [1.54, 1.807) is 5.57 Å². The number of rotatable bonds is 7. The number of carbonyl (C=O) groups excluding carboxylic acids is 1. The summed E-state index contributed by atoms with van der Waals surface area (Å²) in [7, 11) is 0. The largest absolute Gasteiger partial charge is 0.393 e. The molecule has 0 aromatic rings. The molecule has 3 unspecified atom stereocenters. The summed E-state index contributed by atoms with van der Waals surface area (Å²) in [6, 6.07) is 0. The van der Waals surface area contributed by atoms with Gasteiger partial charge in [-0.3, -0.25) is 4.79 Å². The highest BCUT2D eigenvalue weighted by Crippen LogP contribution is 2.67. The molecule has 0 radical (unpaired) electrons. The van der Waals surface area contributed by atoms with Gasteiger partial charge in [-0.25, -0.2) is 0 Å². The van der Waals surface area contributed by atoms with Crippen molar-refractivity contribution in [1.29, 1.82) is 0 Å². The smallest absolute Gasteiger partial charge is 0.220 e. The molecule has 182 valence electrons. The monoisotopic (exact) mass is 443 g/mol. The fourth-order valence-corrected chi connectivity index (χ4v) is 8.77. The van der Waals surface area contributed by atoms with E-state index >= 15 is 0 Å². The zero-order chi connectivity index (χ0) is 23.1. The van der Waals surface area contributed by atoms with Gasteiger partial charge in [-0.1, -0.05) is 46.3 Å². The molecular formula is C29H49NO2. The van der Waals surface area contributed by atoms with Crippen LogP contribution in [-0.4, -0.2) is 23.7 Å². The lowest BCUT2D eigenvalue weighted by molar-refractivity contribution is -0.121. The molecular weight excluding hydrogens is 394 g/mol. The van der Waals surface area contributed by atoms with Gasteiger partial charge in [-0.2, -0.15) is 0 Å². The third-order valence-corrected chi connectivity index (χ3v) is 10.7. The summed E-state index contributed by atoms with van der Waals surface area (Å²) in [6.45, 7) is 12.8. The summed E-state index contributed by atoms with van der Waals surface area (Å²) < 4.78 is 0. The predicted molar refractivity (Wildman–Crippen MR) is 132 cm³/mol. The van der Waals surface area contributed by atoms with Crippen molar-refractivity contribution in [3.8, 4) is 0 Å². The zero-order valence-electron chi connectivity index (χ0n) is 21.5. The number of fused-ring (bicyclic) bond motifs is 5. The highest BCUT2D eigenvalue weighted by molar-refractivity contribution is 5.75. The second-order valence-corrected chi connectivity index (χ2v) is 12.9. The first-order valence-corrected chi connectivity index (χ1v) is 13.8. The molecule has 3 nitrogen and oxygen atoms in total. The minimum absolute atomic E-state index is 0.112. The Balaban J connectivity index is 1.38. The standard InChI is InChI=1S/C29H49NO2/c1-19(2)14-17-30-27(32)11-6-20(3)24-9-10-25-23-8-7-21-18-22(31)12-15-28(21,4)26(23)13-16-29(24,25)5/h7,19-20,22-26,31H,6,8-18H2,1-5H3,(H,30,32)/t20?,22-,23?,24?,25-,26-,28-,29+/m0/s1. The number of aliphatic hydroxyl groups excluding tert-OH is 1. The Hall–Kier alpha value is -0.830. The summed E-state index contributed by atoms with van der Waals surface area (Å²) in [5, 5.41) is 13.4. The van der Waals surface area contributed by atoms with E-state index in [1.165, 1.54) is 38.5 Å². The van der Waals surface area contributed by atoms with Crippen LogP contribution in [0.5, 0.6) is 0 Å². The Morgan fingerprint density at radius 1 is 1.09 bits per heavy atom. The molecule has 0 saturated heterocycles. The average Bonchev–Trinajstić information content (AvgIpc) is 3.09. The molecule has 4 aliphatic rings. The molecule has 1 amide bonds. The average molecular weight is 444 g/mol. The van der Waals surface area contributed by atoms with Crippen LogP contribution >= 0.6 is 0 Å². The van der Waals surface area contributed by atoms with Gasteiger partial charge in [0.2, 0.25) is 5.91 Å². The number of aliphatic hydroxyl groups is 1. The van der Waals surface area contributed by atoms with Crippen molar-refractivity contribution < 1.29 is 9.90 Å². The van der Waals surface area contributed by atoms with E-state index in [4.69, 9.17) is 0 Å². The second kappa shape index (κ2) is 9.43. The molecule has 4 rings (SSSR count). The van der Waals surface area contributed by atoms with Crippen LogP contribution in [0.2, 0.25) is 0 Å². The highest BCUT2D eigenvalue weighted by atomic mass is 16.3. The molecule has 0 aliphatic heterocycles. The van der Waals surface area contributed by atoms with Crippen molar-refractivity contribution in [2.75, 3.05) is 6.54 Å². The minimum Gasteiger partial charge on any atom is -0.393 e. The van der Waals surface area contributed by atoms with Crippen molar-refractivity contribution in [2.45, 2.75) is 111 Å². The Bertz CT molecular complexity index is 714. The fourth-order valence-electron chi connectivity index (χ4n) is 8.77. The molecule has 8 atom stereocenters. The number of allylic oxidation sites excluding steroid dienone is 1. The lowest BCUT2D eigenvalue weighted by Gasteiger charge is -2.58. The quantitative estimate of drug-likeness (QED) is 0.441. The lowest BCUT2D eigenvalue weighted by Crippen LogP contribution is -2.50. The number of hydrogen-bond donors (Lipinski definition) is 2. The van der Waals surface area contributed by atoms with Gasteiger partial charge in [-0.15, -0.1) is 0 Å². The number of hydrogen-bond acceptors (Lipinski definition) is 2. The molecule has 0 aromatic heterocycles. The third kappa shape index (κ3) is 4.44. The summed E-state index contributed by atoms with van der Waals surface area (Å²) in [6.07, 6.45) is 15.0. The first-order chi connectivity index (χ1) is 15.1. The van der Waals surface area contributed by atoms with Crippen molar-refractivity contribution in [2.24, 2.45) is 46.3 Å². The Morgan fingerprint density at radius 3 is 2.62 bits per heavy atom. The number of amides is 1. The molecule has 3 fully saturated rings. The summed E-state index contributed by atoms with van der Waals surface area (Å²) in [5.41, 5.74) is 2.36. The fraction of sp³-hybridized carbons (Fsp3) is 0.897. The second-order valence-electron chi connectivity index (χ2n) is 12.9. The van der Waals surface area contributed by atoms with Crippen LogP contribution in [0.25, 0.3) is 0 Å². The molecule has 0 aromatic carbocycles. The SMILES string of the molecule is CC(C)CCNC(=O)CCC(C)C1CC[C@H]2C3CC=C4C[C@@H](O)CC[C@]4(C)[C@H]3CC[C@]12C. The Labute approximate surface area is 197 Å². The van der Waals surface area contributed by atoms with Crippen LogP contribution in [0.15, 0.2) is 11.6 Å². The first kappa shape index (κ1) is 24.3. The van der Waals surface area contributed by atoms with E-state index in [1.807, 2.05) is 0 Å².